The van der Waals surface area contributed by atoms with Gasteiger partial charge in [0.1, 0.15) is 17.3 Å². The molecule has 1 saturated heterocycles. The lowest BCUT2D eigenvalue weighted by Gasteiger charge is -2.26. The molecule has 0 bridgehead atoms. The van der Waals surface area contributed by atoms with Gasteiger partial charge in [-0.2, -0.15) is 0 Å². The highest BCUT2D eigenvalue weighted by Crippen LogP contribution is 2.43. The molecule has 1 fully saturated rings. The van der Waals surface area contributed by atoms with E-state index in [0.717, 1.165) is 0 Å². The summed E-state index contributed by atoms with van der Waals surface area (Å²) in [5.74, 6) is -1.43. The quantitative estimate of drug-likeness (QED) is 0.306. The fourth-order valence-electron chi connectivity index (χ4n) is 3.65. The first-order valence-corrected chi connectivity index (χ1v) is 10.3. The van der Waals surface area contributed by atoms with Gasteiger partial charge in [0.15, 0.2) is 0 Å². The number of methoxy groups -OCH3 is 1. The van der Waals surface area contributed by atoms with Crippen molar-refractivity contribution in [2.24, 2.45) is 0 Å². The number of amides is 1. The van der Waals surface area contributed by atoms with Gasteiger partial charge in [-0.15, -0.1) is 0 Å². The smallest absolute Gasteiger partial charge is 0.300 e. The number of Topliss-reactive ketones (excluding diaryl/α,β-unsaturated/α-hetero) is 1. The number of ether oxygens (including phenoxy) is 1. The number of anilines is 1. The second-order valence-corrected chi connectivity index (χ2v) is 7.99. The summed E-state index contributed by atoms with van der Waals surface area (Å²) in [6.45, 7) is 0. The van der Waals surface area contributed by atoms with E-state index in [1.54, 1.807) is 36.4 Å². The van der Waals surface area contributed by atoms with Crippen LogP contribution in [-0.4, -0.2) is 29.0 Å². The number of nitrogens with zero attached hydrogens (tertiary/aromatic N) is 1. The van der Waals surface area contributed by atoms with Gasteiger partial charge in [-0.1, -0.05) is 35.3 Å². The lowest BCUT2D eigenvalue weighted by molar-refractivity contribution is -0.132. The van der Waals surface area contributed by atoms with E-state index in [4.69, 9.17) is 27.9 Å². The average Bonchev–Trinajstić information content (AvgIpc) is 3.04. The Morgan fingerprint density at radius 1 is 0.938 bits per heavy atom. The Morgan fingerprint density at radius 2 is 1.53 bits per heavy atom. The minimum Gasteiger partial charge on any atom is -0.508 e. The predicted octanol–water partition coefficient (Wildman–Crippen LogP) is 5.33. The molecular formula is C24H17Cl2NO5. The first kappa shape index (κ1) is 21.7. The Balaban J connectivity index is 1.94. The zero-order chi connectivity index (χ0) is 23.0. The van der Waals surface area contributed by atoms with Crippen molar-refractivity contribution in [2.45, 2.75) is 6.04 Å². The molecule has 0 spiro atoms. The van der Waals surface area contributed by atoms with Crippen LogP contribution in [0.15, 0.2) is 72.3 Å². The minimum atomic E-state index is -0.966. The van der Waals surface area contributed by atoms with Crippen molar-refractivity contribution in [1.29, 1.82) is 0 Å². The third-order valence-corrected chi connectivity index (χ3v) is 5.58. The van der Waals surface area contributed by atoms with Crippen LogP contribution in [0.4, 0.5) is 5.69 Å². The summed E-state index contributed by atoms with van der Waals surface area (Å²) in [4.78, 5) is 27.4. The first-order chi connectivity index (χ1) is 15.3. The van der Waals surface area contributed by atoms with Crippen molar-refractivity contribution in [3.05, 3.63) is 93.5 Å². The molecule has 0 aliphatic carbocycles. The normalized spacial score (nSPS) is 17.6. The number of phenols is 1. The fraction of sp³-hybridized carbons (Fsp3) is 0.0833. The highest BCUT2D eigenvalue weighted by molar-refractivity contribution is 6.52. The highest BCUT2D eigenvalue weighted by atomic mass is 35.5. The van der Waals surface area contributed by atoms with Crippen LogP contribution < -0.4 is 9.64 Å². The number of benzene rings is 3. The Labute approximate surface area is 193 Å². The standard InChI is InChI=1S/C24H17Cl2NO5/c1-32-19-8-4-14(5-9-19)22(29)20-21(13-2-6-18(28)7-3-13)27(24(31)23(20)30)17-11-15(25)10-16(26)12-17/h2-12,21,28-29H,1H3/b22-20+. The molecule has 162 valence electrons. The number of rotatable bonds is 4. The molecule has 1 unspecified atom stereocenters. The van der Waals surface area contributed by atoms with Gasteiger partial charge in [0.2, 0.25) is 0 Å². The first-order valence-electron chi connectivity index (χ1n) is 9.50. The van der Waals surface area contributed by atoms with Crippen molar-refractivity contribution in [2.75, 3.05) is 12.0 Å². The largest absolute Gasteiger partial charge is 0.508 e. The summed E-state index contributed by atoms with van der Waals surface area (Å²) < 4.78 is 5.14. The fourth-order valence-corrected chi connectivity index (χ4v) is 4.17. The average molecular weight is 470 g/mol. The molecule has 1 atom stereocenters. The molecule has 3 aromatic carbocycles. The maximum Gasteiger partial charge on any atom is 0.300 e. The summed E-state index contributed by atoms with van der Waals surface area (Å²) >= 11 is 12.3. The molecule has 0 saturated carbocycles. The van der Waals surface area contributed by atoms with E-state index in [9.17, 15) is 19.8 Å². The number of phenolic OH excluding ortho intramolecular Hbond substituents is 1. The second-order valence-electron chi connectivity index (χ2n) is 7.12. The van der Waals surface area contributed by atoms with E-state index in [0.29, 0.717) is 22.6 Å². The van der Waals surface area contributed by atoms with Gasteiger partial charge in [0.25, 0.3) is 11.7 Å². The third-order valence-electron chi connectivity index (χ3n) is 5.14. The summed E-state index contributed by atoms with van der Waals surface area (Å²) in [5, 5.41) is 21.3. The molecule has 2 N–H and O–H groups in total. The number of carbonyl (C=O) groups excluding carboxylic acids is 2. The summed E-state index contributed by atoms with van der Waals surface area (Å²) in [6, 6.07) is 16.0. The molecule has 1 heterocycles. The Bertz CT molecular complexity index is 1220. The number of aromatic hydroxyl groups is 1. The zero-order valence-corrected chi connectivity index (χ0v) is 18.3. The van der Waals surface area contributed by atoms with Crippen LogP contribution in [0.3, 0.4) is 0 Å². The lowest BCUT2D eigenvalue weighted by Crippen LogP contribution is -2.29. The topological polar surface area (TPSA) is 87.1 Å². The minimum absolute atomic E-state index is 0.0201. The number of hydrogen-bond donors (Lipinski definition) is 2. The number of carbonyl (C=O) groups is 2. The van der Waals surface area contributed by atoms with Gasteiger partial charge >= 0.3 is 0 Å². The van der Waals surface area contributed by atoms with E-state index in [2.05, 4.69) is 0 Å². The van der Waals surface area contributed by atoms with E-state index >= 15 is 0 Å². The van der Waals surface area contributed by atoms with E-state index in [1.807, 2.05) is 0 Å². The van der Waals surface area contributed by atoms with Crippen molar-refractivity contribution in [3.8, 4) is 11.5 Å². The van der Waals surface area contributed by atoms with Gasteiger partial charge in [-0.05, 0) is 60.2 Å². The molecule has 4 rings (SSSR count). The Kier molecular flexibility index (Phi) is 5.82. The molecule has 1 aliphatic heterocycles. The highest BCUT2D eigenvalue weighted by Gasteiger charge is 2.47. The van der Waals surface area contributed by atoms with Crippen LogP contribution in [0.2, 0.25) is 10.0 Å². The van der Waals surface area contributed by atoms with Crippen LogP contribution in [0, 0.1) is 0 Å². The second kappa shape index (κ2) is 8.57. The van der Waals surface area contributed by atoms with Gasteiger partial charge in [-0.25, -0.2) is 0 Å². The molecule has 1 aliphatic rings. The number of aliphatic hydroxyl groups excluding tert-OH is 1. The van der Waals surface area contributed by atoms with Gasteiger partial charge < -0.3 is 14.9 Å². The Hall–Kier alpha value is -3.48. The van der Waals surface area contributed by atoms with Gasteiger partial charge in [0.05, 0.1) is 18.7 Å². The molecule has 0 aromatic heterocycles. The number of hydrogen-bond acceptors (Lipinski definition) is 5. The number of ketones is 1. The summed E-state index contributed by atoms with van der Waals surface area (Å²) in [7, 11) is 1.52. The number of aliphatic hydroxyl groups is 1. The molecule has 1 amide bonds. The maximum atomic E-state index is 13.1. The number of halogens is 2. The van der Waals surface area contributed by atoms with Crippen LogP contribution >= 0.6 is 23.2 Å². The van der Waals surface area contributed by atoms with E-state index in [1.165, 1.54) is 42.3 Å². The van der Waals surface area contributed by atoms with Crippen LogP contribution in [0.25, 0.3) is 5.76 Å². The molecular weight excluding hydrogens is 453 g/mol. The van der Waals surface area contributed by atoms with Crippen LogP contribution in [0.1, 0.15) is 17.2 Å². The SMILES string of the molecule is COc1ccc(/C(O)=C2\C(=O)C(=O)N(c3cc(Cl)cc(Cl)c3)C2c2ccc(O)cc2)cc1. The molecule has 8 heteroatoms. The lowest BCUT2D eigenvalue weighted by atomic mass is 9.95. The van der Waals surface area contributed by atoms with Gasteiger partial charge in [0, 0.05) is 21.3 Å². The van der Waals surface area contributed by atoms with Crippen molar-refractivity contribution < 1.29 is 24.5 Å². The monoisotopic (exact) mass is 469 g/mol. The third kappa shape index (κ3) is 3.90. The molecule has 32 heavy (non-hydrogen) atoms. The van der Waals surface area contributed by atoms with Crippen LogP contribution in [0.5, 0.6) is 11.5 Å². The van der Waals surface area contributed by atoms with Crippen LogP contribution in [-0.2, 0) is 9.59 Å². The van der Waals surface area contributed by atoms with E-state index < -0.39 is 17.7 Å². The summed E-state index contributed by atoms with van der Waals surface area (Å²) in [5.41, 5.74) is 1.06. The van der Waals surface area contributed by atoms with E-state index in [-0.39, 0.29) is 27.1 Å². The molecule has 6 nitrogen and oxygen atoms in total. The summed E-state index contributed by atoms with van der Waals surface area (Å²) in [6.07, 6.45) is 0. The Morgan fingerprint density at radius 3 is 2.09 bits per heavy atom. The van der Waals surface area contributed by atoms with Crippen molar-refractivity contribution in [1.82, 2.24) is 0 Å². The van der Waals surface area contributed by atoms with Gasteiger partial charge in [-0.3, -0.25) is 14.5 Å². The van der Waals surface area contributed by atoms with Crippen molar-refractivity contribution >= 4 is 46.3 Å². The van der Waals surface area contributed by atoms with Crippen molar-refractivity contribution in [3.63, 3.8) is 0 Å². The predicted molar refractivity (Wildman–Crippen MR) is 122 cm³/mol. The zero-order valence-electron chi connectivity index (χ0n) is 16.8. The molecule has 0 radical (unpaired) electrons. The maximum absolute atomic E-state index is 13.1. The molecule has 3 aromatic rings.